The summed E-state index contributed by atoms with van der Waals surface area (Å²) < 4.78 is 55.3. The van der Waals surface area contributed by atoms with Crippen molar-refractivity contribution in [2.45, 2.75) is 26.8 Å². The van der Waals surface area contributed by atoms with E-state index in [-0.39, 0.29) is 0 Å². The van der Waals surface area contributed by atoms with Gasteiger partial charge in [0.15, 0.2) is 17.4 Å². The van der Waals surface area contributed by atoms with Crippen LogP contribution in [0.2, 0.25) is 0 Å². The summed E-state index contributed by atoms with van der Waals surface area (Å²) >= 11 is 0. The summed E-state index contributed by atoms with van der Waals surface area (Å²) in [6, 6.07) is 2.16. The van der Waals surface area contributed by atoms with Gasteiger partial charge in [-0.2, -0.15) is 0 Å². The van der Waals surface area contributed by atoms with Crippen LogP contribution >= 0.6 is 0 Å². The zero-order valence-corrected chi connectivity index (χ0v) is 10.9. The van der Waals surface area contributed by atoms with Gasteiger partial charge in [-0.3, -0.25) is 0 Å². The molecule has 0 spiro atoms. The molecule has 0 aliphatic carbocycles. The fraction of sp³-hybridized carbons (Fsp3) is 0.538. The predicted molar refractivity (Wildman–Crippen MR) is 64.4 cm³/mol. The lowest BCUT2D eigenvalue weighted by Gasteiger charge is -2.11. The van der Waals surface area contributed by atoms with E-state index in [1.807, 2.05) is 13.8 Å². The Bertz CT molecular complexity index is 387. The second-order valence-electron chi connectivity index (χ2n) is 4.62. The van der Waals surface area contributed by atoms with Gasteiger partial charge >= 0.3 is 0 Å². The summed E-state index contributed by atoms with van der Waals surface area (Å²) in [4.78, 5) is 0. The summed E-state index contributed by atoms with van der Waals surface area (Å²) in [7, 11) is 0. The average Bonchev–Trinajstić information content (AvgIpc) is 2.26. The molecule has 0 aliphatic rings. The van der Waals surface area contributed by atoms with Crippen molar-refractivity contribution in [3.05, 3.63) is 29.3 Å². The summed E-state index contributed by atoms with van der Waals surface area (Å²) in [5.74, 6) is -2.28. The van der Waals surface area contributed by atoms with Gasteiger partial charge in [0.25, 0.3) is 6.43 Å². The monoisotopic (exact) mass is 279 g/mol. The molecule has 0 unspecified atom stereocenters. The van der Waals surface area contributed by atoms with Crippen molar-refractivity contribution < 1.29 is 22.3 Å². The minimum atomic E-state index is -2.77. The Morgan fingerprint density at radius 1 is 1.16 bits per heavy atom. The quantitative estimate of drug-likeness (QED) is 0.773. The molecule has 1 aromatic rings. The maximum atomic E-state index is 13.5. The minimum Gasteiger partial charge on any atom is -0.482 e. The van der Waals surface area contributed by atoms with Crippen LogP contribution in [0.4, 0.5) is 17.6 Å². The van der Waals surface area contributed by atoms with E-state index >= 15 is 0 Å². The van der Waals surface area contributed by atoms with Crippen molar-refractivity contribution in [3.63, 3.8) is 0 Å². The molecule has 0 radical (unpaired) electrons. The van der Waals surface area contributed by atoms with E-state index in [9.17, 15) is 17.6 Å². The first-order valence-electron chi connectivity index (χ1n) is 5.99. The van der Waals surface area contributed by atoms with Crippen molar-refractivity contribution >= 4 is 0 Å². The van der Waals surface area contributed by atoms with Gasteiger partial charge in [0.05, 0.1) is 0 Å². The van der Waals surface area contributed by atoms with Crippen LogP contribution in [0.25, 0.3) is 0 Å². The molecule has 2 nitrogen and oxygen atoms in total. The molecule has 0 bridgehead atoms. The Labute approximate surface area is 109 Å². The van der Waals surface area contributed by atoms with Crippen LogP contribution in [-0.2, 0) is 6.54 Å². The number of hydrogen-bond donors (Lipinski definition) is 1. The van der Waals surface area contributed by atoms with Gasteiger partial charge in [0.1, 0.15) is 6.61 Å². The summed E-state index contributed by atoms with van der Waals surface area (Å²) in [5, 5.41) is 3.03. The lowest BCUT2D eigenvalue weighted by molar-refractivity contribution is 0.0777. The lowest BCUT2D eigenvalue weighted by Crippen LogP contribution is -2.19. The van der Waals surface area contributed by atoms with Gasteiger partial charge in [-0.1, -0.05) is 13.8 Å². The summed E-state index contributed by atoms with van der Waals surface area (Å²) in [5.41, 5.74) is 0.403. The van der Waals surface area contributed by atoms with E-state index in [1.54, 1.807) is 0 Å². The van der Waals surface area contributed by atoms with E-state index < -0.39 is 30.4 Å². The highest BCUT2D eigenvalue weighted by atomic mass is 19.3. The van der Waals surface area contributed by atoms with Crippen LogP contribution in [-0.4, -0.2) is 19.6 Å². The Morgan fingerprint density at radius 3 is 2.21 bits per heavy atom. The van der Waals surface area contributed by atoms with Gasteiger partial charge in [-0.15, -0.1) is 0 Å². The number of rotatable bonds is 7. The third-order valence-corrected chi connectivity index (χ3v) is 2.29. The number of halogens is 4. The van der Waals surface area contributed by atoms with Crippen LogP contribution in [0.15, 0.2) is 12.1 Å². The average molecular weight is 279 g/mol. The smallest absolute Gasteiger partial charge is 0.272 e. The maximum absolute atomic E-state index is 13.5. The van der Waals surface area contributed by atoms with Crippen LogP contribution < -0.4 is 10.1 Å². The van der Waals surface area contributed by atoms with Crippen molar-refractivity contribution in [3.8, 4) is 5.75 Å². The lowest BCUT2D eigenvalue weighted by atomic mass is 10.1. The zero-order valence-electron chi connectivity index (χ0n) is 10.9. The molecule has 0 saturated carbocycles. The molecule has 1 N–H and O–H groups in total. The molecule has 0 fully saturated rings. The molecule has 0 aliphatic heterocycles. The fourth-order valence-corrected chi connectivity index (χ4v) is 1.50. The second kappa shape index (κ2) is 7.33. The van der Waals surface area contributed by atoms with Gasteiger partial charge in [0.2, 0.25) is 0 Å². The molecule has 19 heavy (non-hydrogen) atoms. The fourth-order valence-electron chi connectivity index (χ4n) is 1.50. The first kappa shape index (κ1) is 15.8. The molecule has 108 valence electrons. The number of alkyl halides is 2. The van der Waals surface area contributed by atoms with E-state index in [0.717, 1.165) is 12.1 Å². The third kappa shape index (κ3) is 5.46. The molecule has 1 aromatic carbocycles. The first-order chi connectivity index (χ1) is 8.90. The Morgan fingerprint density at radius 2 is 1.74 bits per heavy atom. The van der Waals surface area contributed by atoms with Crippen LogP contribution in [0.1, 0.15) is 19.4 Å². The van der Waals surface area contributed by atoms with E-state index in [0.29, 0.717) is 24.6 Å². The van der Waals surface area contributed by atoms with E-state index in [2.05, 4.69) is 10.1 Å². The maximum Gasteiger partial charge on any atom is 0.272 e. The second-order valence-corrected chi connectivity index (χ2v) is 4.62. The van der Waals surface area contributed by atoms with Crippen LogP contribution in [0, 0.1) is 17.6 Å². The third-order valence-electron chi connectivity index (χ3n) is 2.29. The minimum absolute atomic E-state index is 0.307. The molecule has 6 heteroatoms. The SMILES string of the molecule is CC(C)CNCc1cc(F)c(OCC(F)F)c(F)c1. The molecular weight excluding hydrogens is 262 g/mol. The van der Waals surface area contributed by atoms with Gasteiger partial charge in [0, 0.05) is 6.54 Å². The molecule has 0 atom stereocenters. The topological polar surface area (TPSA) is 21.3 Å². The zero-order chi connectivity index (χ0) is 14.4. The van der Waals surface area contributed by atoms with E-state index in [4.69, 9.17) is 0 Å². The number of ether oxygens (including phenoxy) is 1. The van der Waals surface area contributed by atoms with E-state index in [1.165, 1.54) is 0 Å². The molecule has 0 aromatic heterocycles. The first-order valence-corrected chi connectivity index (χ1v) is 5.99. The highest BCUT2D eigenvalue weighted by Gasteiger charge is 2.14. The van der Waals surface area contributed by atoms with Crippen molar-refractivity contribution in [2.75, 3.05) is 13.2 Å². The van der Waals surface area contributed by atoms with Crippen molar-refractivity contribution in [2.24, 2.45) is 5.92 Å². The highest BCUT2D eigenvalue weighted by Crippen LogP contribution is 2.23. The number of benzene rings is 1. The van der Waals surface area contributed by atoms with Crippen LogP contribution in [0.5, 0.6) is 5.75 Å². The largest absolute Gasteiger partial charge is 0.482 e. The number of hydrogen-bond acceptors (Lipinski definition) is 2. The Hall–Kier alpha value is -1.30. The summed E-state index contributed by atoms with van der Waals surface area (Å²) in [6.45, 7) is 4.01. The molecule has 1 rings (SSSR count). The Balaban J connectivity index is 2.67. The normalized spacial score (nSPS) is 11.4. The molecule has 0 saturated heterocycles. The van der Waals surface area contributed by atoms with Gasteiger partial charge in [-0.25, -0.2) is 17.6 Å². The standard InChI is InChI=1S/C13H17F4NO/c1-8(2)5-18-6-9-3-10(14)13(11(15)4-9)19-7-12(16)17/h3-4,8,12,18H,5-7H2,1-2H3. The summed E-state index contributed by atoms with van der Waals surface area (Å²) in [6.07, 6.45) is -2.77. The van der Waals surface area contributed by atoms with Gasteiger partial charge in [-0.05, 0) is 30.2 Å². The van der Waals surface area contributed by atoms with Crippen LogP contribution in [0.3, 0.4) is 0 Å². The molecular formula is C13H17F4NO. The van der Waals surface area contributed by atoms with Crippen molar-refractivity contribution in [1.82, 2.24) is 5.32 Å². The number of nitrogens with one attached hydrogen (secondary N) is 1. The van der Waals surface area contributed by atoms with Crippen molar-refractivity contribution in [1.29, 1.82) is 0 Å². The van der Waals surface area contributed by atoms with Gasteiger partial charge < -0.3 is 10.1 Å². The Kier molecular flexibility index (Phi) is 6.08. The predicted octanol–water partition coefficient (Wildman–Crippen LogP) is 3.35. The molecule has 0 heterocycles. The highest BCUT2D eigenvalue weighted by molar-refractivity contribution is 5.31. The molecule has 0 amide bonds.